The number of aliphatic hydroxyl groups excluding tert-OH is 1. The second kappa shape index (κ2) is 9.62. The maximum absolute atomic E-state index is 10.0. The highest BCUT2D eigenvalue weighted by Gasteiger charge is 2.11. The number of nitrogens with zero attached hydrogens (tertiary/aromatic N) is 1. The van der Waals surface area contributed by atoms with Crippen LogP contribution in [0.15, 0.2) is 48.7 Å². The molecular weight excluding hydrogens is 401 g/mol. The van der Waals surface area contributed by atoms with Gasteiger partial charge >= 0.3 is 0 Å². The number of aliphatic hydroxyl groups is 1. The number of thiol groups is 1. The minimum Gasteiger partial charge on any atom is -0.393 e. The van der Waals surface area contributed by atoms with Crippen LogP contribution in [-0.4, -0.2) is 27.7 Å². The Morgan fingerprint density at radius 1 is 1.11 bits per heavy atom. The Morgan fingerprint density at radius 2 is 1.93 bits per heavy atom. The quantitative estimate of drug-likeness (QED) is 0.379. The first-order chi connectivity index (χ1) is 13.1. The Morgan fingerprint density at radius 3 is 2.70 bits per heavy atom. The smallest absolute Gasteiger partial charge is 0.137 e. The van der Waals surface area contributed by atoms with Crippen molar-refractivity contribution < 1.29 is 5.11 Å². The summed E-state index contributed by atoms with van der Waals surface area (Å²) in [5.74, 6) is 0.752. The van der Waals surface area contributed by atoms with E-state index in [1.165, 1.54) is 0 Å². The van der Waals surface area contributed by atoms with E-state index in [-0.39, 0.29) is 6.10 Å². The van der Waals surface area contributed by atoms with E-state index in [0.29, 0.717) is 35.9 Å². The van der Waals surface area contributed by atoms with E-state index in [2.05, 4.69) is 27.5 Å². The van der Waals surface area contributed by atoms with Gasteiger partial charge in [0.25, 0.3) is 0 Å². The van der Waals surface area contributed by atoms with Crippen LogP contribution in [0.25, 0.3) is 22.6 Å². The SMILES string of the molecule is OC(CCNS)CCc1cc(-c2ncc(-c3ccccc3Cl)[nH]2)ccc1Cl. The van der Waals surface area contributed by atoms with Gasteiger partial charge in [0.15, 0.2) is 0 Å². The fourth-order valence-corrected chi connectivity index (χ4v) is 3.47. The summed E-state index contributed by atoms with van der Waals surface area (Å²) >= 11 is 16.5. The molecule has 0 aliphatic rings. The Labute approximate surface area is 174 Å². The zero-order valence-corrected chi connectivity index (χ0v) is 17.0. The van der Waals surface area contributed by atoms with E-state index in [0.717, 1.165) is 28.2 Å². The average molecular weight is 422 g/mol. The Bertz CT molecular complexity index is 900. The van der Waals surface area contributed by atoms with E-state index in [1.54, 1.807) is 6.20 Å². The van der Waals surface area contributed by atoms with Gasteiger partial charge in [0.05, 0.1) is 18.0 Å². The summed E-state index contributed by atoms with van der Waals surface area (Å²) in [4.78, 5) is 7.81. The first kappa shape index (κ1) is 20.2. The van der Waals surface area contributed by atoms with Crippen LogP contribution in [-0.2, 0) is 6.42 Å². The number of imidazole rings is 1. The summed E-state index contributed by atoms with van der Waals surface area (Å²) < 4.78 is 2.75. The summed E-state index contributed by atoms with van der Waals surface area (Å²) in [6.07, 6.45) is 3.37. The van der Waals surface area contributed by atoms with Crippen molar-refractivity contribution in [2.75, 3.05) is 6.54 Å². The zero-order valence-electron chi connectivity index (χ0n) is 14.6. The number of benzene rings is 2. The molecule has 142 valence electrons. The molecule has 1 unspecified atom stereocenters. The first-order valence-corrected chi connectivity index (χ1v) is 9.92. The lowest BCUT2D eigenvalue weighted by Gasteiger charge is -2.11. The van der Waals surface area contributed by atoms with E-state index in [1.807, 2.05) is 42.5 Å². The summed E-state index contributed by atoms with van der Waals surface area (Å²) in [5.41, 5.74) is 3.71. The minimum atomic E-state index is -0.389. The molecule has 0 saturated carbocycles. The minimum absolute atomic E-state index is 0.389. The number of rotatable bonds is 8. The molecule has 0 fully saturated rings. The van der Waals surface area contributed by atoms with Crippen molar-refractivity contribution in [1.29, 1.82) is 0 Å². The largest absolute Gasteiger partial charge is 0.393 e. The molecule has 3 rings (SSSR count). The molecule has 0 radical (unpaired) electrons. The molecule has 27 heavy (non-hydrogen) atoms. The molecule has 3 aromatic rings. The van der Waals surface area contributed by atoms with Crippen molar-refractivity contribution in [2.24, 2.45) is 0 Å². The van der Waals surface area contributed by atoms with Crippen LogP contribution in [0, 0.1) is 0 Å². The molecule has 7 heteroatoms. The molecule has 1 heterocycles. The molecule has 0 saturated heterocycles. The van der Waals surface area contributed by atoms with Crippen molar-refractivity contribution in [3.8, 4) is 22.6 Å². The lowest BCUT2D eigenvalue weighted by molar-refractivity contribution is 0.156. The van der Waals surface area contributed by atoms with Gasteiger partial charge < -0.3 is 10.1 Å². The molecule has 2 aromatic carbocycles. The number of aromatic nitrogens is 2. The van der Waals surface area contributed by atoms with Crippen LogP contribution >= 0.6 is 36.0 Å². The maximum Gasteiger partial charge on any atom is 0.137 e. The maximum atomic E-state index is 10.0. The Kier molecular flexibility index (Phi) is 7.21. The van der Waals surface area contributed by atoms with Gasteiger partial charge in [0.1, 0.15) is 5.82 Å². The van der Waals surface area contributed by atoms with Crippen LogP contribution in [0.5, 0.6) is 0 Å². The molecule has 1 aromatic heterocycles. The third kappa shape index (κ3) is 5.27. The van der Waals surface area contributed by atoms with Crippen LogP contribution < -0.4 is 4.72 Å². The fraction of sp³-hybridized carbons (Fsp3) is 0.250. The molecular formula is C20H21Cl2N3OS. The van der Waals surface area contributed by atoms with E-state index >= 15 is 0 Å². The number of hydrogen-bond donors (Lipinski definition) is 4. The monoisotopic (exact) mass is 421 g/mol. The molecule has 0 aliphatic heterocycles. The van der Waals surface area contributed by atoms with Crippen molar-refractivity contribution >= 4 is 36.0 Å². The summed E-state index contributed by atoms with van der Waals surface area (Å²) in [5, 5.41) is 11.4. The molecule has 3 N–H and O–H groups in total. The second-order valence-corrected chi connectivity index (χ2v) is 7.45. The number of hydrogen-bond acceptors (Lipinski definition) is 4. The lowest BCUT2D eigenvalue weighted by atomic mass is 10.0. The van der Waals surface area contributed by atoms with Crippen molar-refractivity contribution in [3.05, 3.63) is 64.3 Å². The summed E-state index contributed by atoms with van der Waals surface area (Å²) in [7, 11) is 0. The highest BCUT2D eigenvalue weighted by Crippen LogP contribution is 2.29. The van der Waals surface area contributed by atoms with Gasteiger partial charge in [-0.1, -0.05) is 54.2 Å². The summed E-state index contributed by atoms with van der Waals surface area (Å²) in [6.45, 7) is 0.662. The van der Waals surface area contributed by atoms with Gasteiger partial charge in [0, 0.05) is 27.7 Å². The molecule has 1 atom stereocenters. The number of aryl methyl sites for hydroxylation is 1. The van der Waals surface area contributed by atoms with Crippen molar-refractivity contribution in [1.82, 2.24) is 14.7 Å². The van der Waals surface area contributed by atoms with Gasteiger partial charge in [-0.25, -0.2) is 4.98 Å². The van der Waals surface area contributed by atoms with Crippen LogP contribution in [0.1, 0.15) is 18.4 Å². The molecule has 0 bridgehead atoms. The van der Waals surface area contributed by atoms with Crippen molar-refractivity contribution in [3.63, 3.8) is 0 Å². The van der Waals surface area contributed by atoms with E-state index < -0.39 is 0 Å². The third-order valence-electron chi connectivity index (χ3n) is 4.40. The third-order valence-corrected chi connectivity index (χ3v) is 5.32. The van der Waals surface area contributed by atoms with Crippen molar-refractivity contribution in [2.45, 2.75) is 25.4 Å². The van der Waals surface area contributed by atoms with Gasteiger partial charge in [-0.2, -0.15) is 0 Å². The highest BCUT2D eigenvalue weighted by atomic mass is 35.5. The van der Waals surface area contributed by atoms with Gasteiger partial charge in [-0.05, 0) is 49.1 Å². The topological polar surface area (TPSA) is 60.9 Å². The number of nitrogens with one attached hydrogen (secondary N) is 2. The standard InChI is InChI=1S/C20H21Cl2N3OS/c21-17-8-6-14(11-13(17)5-7-15(26)9-10-24-27)20-23-12-19(25-20)16-3-1-2-4-18(16)22/h1-4,6,8,11-12,15,24,26-27H,5,7,9-10H2,(H,23,25). The predicted molar refractivity (Wildman–Crippen MR) is 115 cm³/mol. The van der Waals surface area contributed by atoms with E-state index in [4.69, 9.17) is 23.2 Å². The average Bonchev–Trinajstić information content (AvgIpc) is 3.16. The highest BCUT2D eigenvalue weighted by molar-refractivity contribution is 7.78. The Hall–Kier alpha value is -1.50. The first-order valence-electron chi connectivity index (χ1n) is 8.72. The van der Waals surface area contributed by atoms with Crippen LogP contribution in [0.3, 0.4) is 0 Å². The number of halogens is 2. The molecule has 4 nitrogen and oxygen atoms in total. The zero-order chi connectivity index (χ0) is 19.2. The normalized spacial score (nSPS) is 12.3. The lowest BCUT2D eigenvalue weighted by Crippen LogP contribution is -2.14. The van der Waals surface area contributed by atoms with Gasteiger partial charge in [0.2, 0.25) is 0 Å². The van der Waals surface area contributed by atoms with Gasteiger partial charge in [-0.3, -0.25) is 4.72 Å². The number of H-pyrrole nitrogens is 1. The number of aromatic amines is 1. The fourth-order valence-electron chi connectivity index (χ4n) is 2.90. The second-order valence-electron chi connectivity index (χ2n) is 6.32. The summed E-state index contributed by atoms with van der Waals surface area (Å²) in [6, 6.07) is 13.5. The predicted octanol–water partition coefficient (Wildman–Crippen LogP) is 5.17. The Balaban J connectivity index is 1.77. The molecule has 0 amide bonds. The van der Waals surface area contributed by atoms with E-state index in [9.17, 15) is 5.11 Å². The van der Waals surface area contributed by atoms with Crippen LogP contribution in [0.4, 0.5) is 0 Å². The molecule has 0 aliphatic carbocycles. The van der Waals surface area contributed by atoms with Gasteiger partial charge in [-0.15, -0.1) is 0 Å². The van der Waals surface area contributed by atoms with Crippen LogP contribution in [0.2, 0.25) is 10.0 Å². The molecule has 0 spiro atoms.